The Kier molecular flexibility index (Phi) is 3.46. The van der Waals surface area contributed by atoms with E-state index in [0.717, 1.165) is 11.1 Å². The first-order valence-corrected chi connectivity index (χ1v) is 6.39. The molecule has 100 valence electrons. The number of rotatable bonds is 2. The molecule has 0 spiro atoms. The van der Waals surface area contributed by atoms with E-state index in [4.69, 9.17) is 0 Å². The van der Waals surface area contributed by atoms with Crippen LogP contribution in [0, 0.1) is 26.6 Å². The SMILES string of the molecule is Cc1ccc(C(C)(O)c2ccc(F)c(C)c2)cc1C. The quantitative estimate of drug-likeness (QED) is 0.863. The minimum atomic E-state index is -1.11. The summed E-state index contributed by atoms with van der Waals surface area (Å²) in [6.07, 6.45) is 0. The second-order valence-electron chi connectivity index (χ2n) is 5.34. The summed E-state index contributed by atoms with van der Waals surface area (Å²) in [6, 6.07) is 10.6. The summed E-state index contributed by atoms with van der Waals surface area (Å²) in [7, 11) is 0. The number of hydrogen-bond donors (Lipinski definition) is 1. The molecule has 1 nitrogen and oxygen atoms in total. The largest absolute Gasteiger partial charge is 0.381 e. The first-order valence-electron chi connectivity index (χ1n) is 6.39. The summed E-state index contributed by atoms with van der Waals surface area (Å²) in [5.41, 5.74) is 3.28. The molecule has 0 fully saturated rings. The lowest BCUT2D eigenvalue weighted by Gasteiger charge is -2.25. The third kappa shape index (κ3) is 2.54. The fraction of sp³-hybridized carbons (Fsp3) is 0.294. The van der Waals surface area contributed by atoms with Crippen molar-refractivity contribution in [3.05, 3.63) is 70.0 Å². The number of halogens is 1. The third-order valence-electron chi connectivity index (χ3n) is 3.79. The Bertz CT molecular complexity index is 561. The molecule has 0 heterocycles. The van der Waals surface area contributed by atoms with Crippen LogP contribution in [0.25, 0.3) is 0 Å². The maximum absolute atomic E-state index is 13.3. The predicted molar refractivity (Wildman–Crippen MR) is 75.7 cm³/mol. The van der Waals surface area contributed by atoms with Gasteiger partial charge in [0, 0.05) is 0 Å². The van der Waals surface area contributed by atoms with E-state index in [0.29, 0.717) is 11.1 Å². The lowest BCUT2D eigenvalue weighted by atomic mass is 9.86. The van der Waals surface area contributed by atoms with Crippen molar-refractivity contribution in [3.63, 3.8) is 0 Å². The van der Waals surface area contributed by atoms with Crippen LogP contribution < -0.4 is 0 Å². The molecule has 0 bridgehead atoms. The average Bonchev–Trinajstić information content (AvgIpc) is 2.35. The summed E-state index contributed by atoms with van der Waals surface area (Å²) < 4.78 is 13.3. The van der Waals surface area contributed by atoms with Gasteiger partial charge in [-0.2, -0.15) is 0 Å². The molecule has 1 N–H and O–H groups in total. The summed E-state index contributed by atoms with van der Waals surface area (Å²) >= 11 is 0. The van der Waals surface area contributed by atoms with Crippen LogP contribution in [-0.4, -0.2) is 5.11 Å². The Labute approximate surface area is 113 Å². The van der Waals surface area contributed by atoms with Gasteiger partial charge in [-0.15, -0.1) is 0 Å². The van der Waals surface area contributed by atoms with Gasteiger partial charge in [-0.1, -0.05) is 24.3 Å². The fourth-order valence-electron chi connectivity index (χ4n) is 2.16. The molecular formula is C17H19FO. The van der Waals surface area contributed by atoms with E-state index >= 15 is 0 Å². The van der Waals surface area contributed by atoms with Gasteiger partial charge in [0.1, 0.15) is 11.4 Å². The highest BCUT2D eigenvalue weighted by atomic mass is 19.1. The summed E-state index contributed by atoms with van der Waals surface area (Å²) in [6.45, 7) is 7.50. The molecule has 1 unspecified atom stereocenters. The molecule has 0 saturated heterocycles. The van der Waals surface area contributed by atoms with Crippen molar-refractivity contribution in [3.8, 4) is 0 Å². The Morgan fingerprint density at radius 3 is 1.89 bits per heavy atom. The van der Waals surface area contributed by atoms with Crippen molar-refractivity contribution in [1.29, 1.82) is 0 Å². The fourth-order valence-corrected chi connectivity index (χ4v) is 2.16. The van der Waals surface area contributed by atoms with E-state index in [2.05, 4.69) is 0 Å². The second-order valence-corrected chi connectivity index (χ2v) is 5.34. The highest BCUT2D eigenvalue weighted by Gasteiger charge is 2.26. The maximum atomic E-state index is 13.3. The van der Waals surface area contributed by atoms with Crippen LogP contribution >= 0.6 is 0 Å². The number of aryl methyl sites for hydroxylation is 3. The van der Waals surface area contributed by atoms with Gasteiger partial charge in [0.25, 0.3) is 0 Å². The van der Waals surface area contributed by atoms with E-state index in [1.807, 2.05) is 32.0 Å². The minimum absolute atomic E-state index is 0.250. The Morgan fingerprint density at radius 1 is 0.842 bits per heavy atom. The van der Waals surface area contributed by atoms with E-state index < -0.39 is 5.60 Å². The minimum Gasteiger partial charge on any atom is -0.381 e. The van der Waals surface area contributed by atoms with Crippen molar-refractivity contribution < 1.29 is 9.50 Å². The van der Waals surface area contributed by atoms with Gasteiger partial charge in [0.05, 0.1) is 0 Å². The zero-order valence-electron chi connectivity index (χ0n) is 11.8. The monoisotopic (exact) mass is 258 g/mol. The maximum Gasteiger partial charge on any atom is 0.126 e. The topological polar surface area (TPSA) is 20.2 Å². The summed E-state index contributed by atoms with van der Waals surface area (Å²) in [4.78, 5) is 0. The van der Waals surface area contributed by atoms with Gasteiger partial charge in [-0.3, -0.25) is 0 Å². The van der Waals surface area contributed by atoms with Crippen LogP contribution in [-0.2, 0) is 5.60 Å². The van der Waals surface area contributed by atoms with E-state index in [-0.39, 0.29) is 5.82 Å². The van der Waals surface area contributed by atoms with Gasteiger partial charge in [0.2, 0.25) is 0 Å². The molecule has 0 aliphatic carbocycles. The second kappa shape index (κ2) is 4.78. The average molecular weight is 258 g/mol. The zero-order chi connectivity index (χ0) is 14.2. The molecule has 19 heavy (non-hydrogen) atoms. The van der Waals surface area contributed by atoms with E-state index in [1.54, 1.807) is 26.0 Å². The summed E-state index contributed by atoms with van der Waals surface area (Å²) in [5, 5.41) is 10.8. The van der Waals surface area contributed by atoms with Crippen LogP contribution in [0.2, 0.25) is 0 Å². The highest BCUT2D eigenvalue weighted by Crippen LogP contribution is 2.31. The number of benzene rings is 2. The van der Waals surface area contributed by atoms with Crippen molar-refractivity contribution in [2.24, 2.45) is 0 Å². The van der Waals surface area contributed by atoms with Crippen LogP contribution in [0.3, 0.4) is 0 Å². The molecule has 0 amide bonds. The molecule has 0 radical (unpaired) electrons. The van der Waals surface area contributed by atoms with Gasteiger partial charge in [0.15, 0.2) is 0 Å². The van der Waals surface area contributed by atoms with Crippen molar-refractivity contribution in [2.45, 2.75) is 33.3 Å². The van der Waals surface area contributed by atoms with Crippen molar-refractivity contribution >= 4 is 0 Å². The molecule has 2 aromatic rings. The van der Waals surface area contributed by atoms with Gasteiger partial charge < -0.3 is 5.11 Å². The normalized spacial score (nSPS) is 14.2. The van der Waals surface area contributed by atoms with Crippen LogP contribution in [0.4, 0.5) is 4.39 Å². The van der Waals surface area contributed by atoms with Crippen molar-refractivity contribution in [2.75, 3.05) is 0 Å². The van der Waals surface area contributed by atoms with Crippen LogP contribution in [0.15, 0.2) is 36.4 Å². The highest BCUT2D eigenvalue weighted by molar-refractivity contribution is 5.40. The van der Waals surface area contributed by atoms with Crippen molar-refractivity contribution in [1.82, 2.24) is 0 Å². The Balaban J connectivity index is 2.51. The molecule has 0 aliphatic rings. The number of aliphatic hydroxyl groups is 1. The Morgan fingerprint density at radius 2 is 1.37 bits per heavy atom. The Hall–Kier alpha value is -1.67. The first kappa shape index (κ1) is 13.8. The van der Waals surface area contributed by atoms with Gasteiger partial charge in [-0.25, -0.2) is 4.39 Å². The van der Waals surface area contributed by atoms with E-state index in [1.165, 1.54) is 11.6 Å². The smallest absolute Gasteiger partial charge is 0.126 e. The van der Waals surface area contributed by atoms with Gasteiger partial charge in [-0.05, 0) is 67.6 Å². The van der Waals surface area contributed by atoms with E-state index in [9.17, 15) is 9.50 Å². The zero-order valence-corrected chi connectivity index (χ0v) is 11.8. The lowest BCUT2D eigenvalue weighted by molar-refractivity contribution is 0.102. The first-order chi connectivity index (χ1) is 8.82. The lowest BCUT2D eigenvalue weighted by Crippen LogP contribution is -2.23. The summed E-state index contributed by atoms with van der Waals surface area (Å²) in [5.74, 6) is -0.250. The van der Waals surface area contributed by atoms with Crippen LogP contribution in [0.1, 0.15) is 34.7 Å². The number of hydrogen-bond acceptors (Lipinski definition) is 1. The third-order valence-corrected chi connectivity index (χ3v) is 3.79. The predicted octanol–water partition coefficient (Wildman–Crippen LogP) is 4.01. The molecule has 2 heteroatoms. The molecule has 2 rings (SSSR count). The molecular weight excluding hydrogens is 239 g/mol. The molecule has 0 saturated carbocycles. The van der Waals surface area contributed by atoms with Crippen LogP contribution in [0.5, 0.6) is 0 Å². The molecule has 0 aliphatic heterocycles. The van der Waals surface area contributed by atoms with Gasteiger partial charge >= 0.3 is 0 Å². The molecule has 0 aromatic heterocycles. The standard InChI is InChI=1S/C17H19FO/c1-11-5-6-14(9-12(11)2)17(4,19)15-7-8-16(18)13(3)10-15/h5-10,19H,1-4H3. The molecule has 2 aromatic carbocycles. The molecule has 1 atom stereocenters.